The lowest BCUT2D eigenvalue weighted by atomic mass is 10.1. The summed E-state index contributed by atoms with van der Waals surface area (Å²) in [4.78, 5) is 28.8. The summed E-state index contributed by atoms with van der Waals surface area (Å²) < 4.78 is 25.2. The highest BCUT2D eigenvalue weighted by Gasteiger charge is 2.50. The molecule has 2 heterocycles. The highest BCUT2D eigenvalue weighted by Crippen LogP contribution is 2.43. The standard InChI is InChI=1S/C17H19BrN2O5S2/c1-9-5-11(18)6-10(2)16(9)20-12-7-27(24,25)8-13(12)26-17(20)19-14(21)3-4-15(22)23/h5-6,12-13H,3-4,7-8H2,1-2H3,(H,22,23)/t12-,13-/m0/s1. The van der Waals surface area contributed by atoms with E-state index in [1.54, 1.807) is 0 Å². The van der Waals surface area contributed by atoms with Crippen molar-refractivity contribution >= 4 is 60.3 Å². The van der Waals surface area contributed by atoms with Crippen LogP contribution in [-0.4, -0.2) is 53.4 Å². The monoisotopic (exact) mass is 474 g/mol. The van der Waals surface area contributed by atoms with Gasteiger partial charge in [-0.2, -0.15) is 4.99 Å². The summed E-state index contributed by atoms with van der Waals surface area (Å²) in [6, 6.07) is 3.59. The van der Waals surface area contributed by atoms with Crippen molar-refractivity contribution in [2.75, 3.05) is 16.4 Å². The van der Waals surface area contributed by atoms with Crippen molar-refractivity contribution < 1.29 is 23.1 Å². The van der Waals surface area contributed by atoms with Gasteiger partial charge in [0.1, 0.15) is 0 Å². The molecule has 0 radical (unpaired) electrons. The van der Waals surface area contributed by atoms with Gasteiger partial charge in [-0.05, 0) is 37.1 Å². The van der Waals surface area contributed by atoms with Crippen LogP contribution in [0.4, 0.5) is 5.69 Å². The molecule has 3 rings (SSSR count). The lowest BCUT2D eigenvalue weighted by Gasteiger charge is -2.28. The van der Waals surface area contributed by atoms with E-state index in [0.29, 0.717) is 5.17 Å². The van der Waals surface area contributed by atoms with Crippen LogP contribution < -0.4 is 4.90 Å². The first kappa shape index (κ1) is 20.3. The van der Waals surface area contributed by atoms with E-state index >= 15 is 0 Å². The predicted octanol–water partition coefficient (Wildman–Crippen LogP) is 2.53. The molecule has 2 fully saturated rings. The highest BCUT2D eigenvalue weighted by atomic mass is 79.9. The number of fused-ring (bicyclic) bond motifs is 1. The molecule has 0 aliphatic carbocycles. The maximum absolute atomic E-state index is 12.1. The Labute approximate surface area is 170 Å². The Morgan fingerprint density at radius 1 is 1.26 bits per heavy atom. The number of sulfone groups is 1. The highest BCUT2D eigenvalue weighted by molar-refractivity contribution is 9.10. The number of amidine groups is 1. The van der Waals surface area contributed by atoms with Gasteiger partial charge in [-0.1, -0.05) is 27.7 Å². The predicted molar refractivity (Wildman–Crippen MR) is 109 cm³/mol. The summed E-state index contributed by atoms with van der Waals surface area (Å²) in [6.07, 6.45) is -0.461. The first-order valence-corrected chi connectivity index (χ1v) is 11.8. The molecule has 146 valence electrons. The number of hydrogen-bond donors (Lipinski definition) is 1. The van der Waals surface area contributed by atoms with Gasteiger partial charge in [-0.25, -0.2) is 8.42 Å². The third kappa shape index (κ3) is 4.38. The molecule has 1 N–H and O–H groups in total. The maximum atomic E-state index is 12.1. The third-order valence-electron chi connectivity index (χ3n) is 4.54. The third-order valence-corrected chi connectivity index (χ3v) is 8.20. The Kier molecular flexibility index (Phi) is 5.69. The van der Waals surface area contributed by atoms with Crippen LogP contribution in [0.5, 0.6) is 0 Å². The van der Waals surface area contributed by atoms with Crippen LogP contribution in [0.25, 0.3) is 0 Å². The van der Waals surface area contributed by atoms with E-state index in [1.807, 2.05) is 30.9 Å². The molecule has 1 aromatic rings. The van der Waals surface area contributed by atoms with Crippen LogP contribution in [-0.2, 0) is 19.4 Å². The van der Waals surface area contributed by atoms with Gasteiger partial charge < -0.3 is 10.0 Å². The number of aliphatic imine (C=N–C) groups is 1. The normalized spacial score (nSPS) is 25.0. The van der Waals surface area contributed by atoms with Gasteiger partial charge in [0.25, 0.3) is 0 Å². The van der Waals surface area contributed by atoms with E-state index in [4.69, 9.17) is 5.11 Å². The van der Waals surface area contributed by atoms with E-state index < -0.39 is 21.7 Å². The largest absolute Gasteiger partial charge is 0.481 e. The summed E-state index contributed by atoms with van der Waals surface area (Å²) in [5.74, 6) is -1.50. The average molecular weight is 475 g/mol. The van der Waals surface area contributed by atoms with Crippen molar-refractivity contribution in [3.63, 3.8) is 0 Å². The number of hydrogen-bond acceptors (Lipinski definition) is 5. The van der Waals surface area contributed by atoms with Crippen molar-refractivity contribution in [1.29, 1.82) is 0 Å². The number of carbonyl (C=O) groups excluding carboxylic acids is 1. The number of aryl methyl sites for hydroxylation is 2. The first-order chi connectivity index (χ1) is 12.6. The molecule has 10 heteroatoms. The van der Waals surface area contributed by atoms with Crippen molar-refractivity contribution in [1.82, 2.24) is 0 Å². The number of aliphatic carboxylic acids is 1. The number of amides is 1. The van der Waals surface area contributed by atoms with E-state index in [0.717, 1.165) is 21.3 Å². The molecule has 0 spiro atoms. The first-order valence-electron chi connectivity index (χ1n) is 8.34. The molecule has 1 amide bonds. The molecule has 0 unspecified atom stereocenters. The number of nitrogens with zero attached hydrogens (tertiary/aromatic N) is 2. The Balaban J connectivity index is 2.02. The van der Waals surface area contributed by atoms with E-state index in [-0.39, 0.29) is 35.6 Å². The van der Waals surface area contributed by atoms with Gasteiger partial charge in [-0.3, -0.25) is 9.59 Å². The molecule has 2 saturated heterocycles. The number of carboxylic acid groups (broad SMARTS) is 1. The fourth-order valence-corrected chi connectivity index (χ4v) is 8.09. The van der Waals surface area contributed by atoms with Gasteiger partial charge in [0.15, 0.2) is 15.0 Å². The quantitative estimate of drug-likeness (QED) is 0.714. The minimum Gasteiger partial charge on any atom is -0.481 e. The molecule has 2 atom stereocenters. The number of thioether (sulfide) groups is 1. The van der Waals surface area contributed by atoms with Crippen LogP contribution in [0, 0.1) is 13.8 Å². The second kappa shape index (κ2) is 7.56. The number of benzene rings is 1. The van der Waals surface area contributed by atoms with Crippen molar-refractivity contribution in [2.24, 2.45) is 4.99 Å². The van der Waals surface area contributed by atoms with Crippen LogP contribution in [0.15, 0.2) is 21.6 Å². The molecule has 1 aromatic carbocycles. The molecule has 0 aromatic heterocycles. The summed E-state index contributed by atoms with van der Waals surface area (Å²) >= 11 is 4.75. The van der Waals surface area contributed by atoms with Gasteiger partial charge >= 0.3 is 5.97 Å². The SMILES string of the molecule is Cc1cc(Br)cc(C)c1N1C(=NC(=O)CCC(=O)O)S[C@H]2CS(=O)(=O)C[C@@H]21. The summed E-state index contributed by atoms with van der Waals surface area (Å²) in [6.45, 7) is 3.86. The van der Waals surface area contributed by atoms with Gasteiger partial charge in [-0.15, -0.1) is 0 Å². The zero-order valence-electron chi connectivity index (χ0n) is 14.8. The number of halogens is 1. The Bertz CT molecular complexity index is 922. The van der Waals surface area contributed by atoms with Crippen LogP contribution in [0.1, 0.15) is 24.0 Å². The minimum atomic E-state index is -3.14. The molecular weight excluding hydrogens is 456 g/mol. The van der Waals surface area contributed by atoms with Crippen LogP contribution >= 0.6 is 27.7 Å². The molecule has 27 heavy (non-hydrogen) atoms. The summed E-state index contributed by atoms with van der Waals surface area (Å²) in [5.41, 5.74) is 2.73. The summed E-state index contributed by atoms with van der Waals surface area (Å²) in [7, 11) is -3.14. The molecular formula is C17H19BrN2O5S2. The van der Waals surface area contributed by atoms with Crippen molar-refractivity contribution in [2.45, 2.75) is 38.0 Å². The zero-order chi connectivity index (χ0) is 19.9. The Morgan fingerprint density at radius 3 is 2.48 bits per heavy atom. The number of anilines is 1. The van der Waals surface area contributed by atoms with E-state index in [2.05, 4.69) is 20.9 Å². The minimum absolute atomic E-state index is 0.0158. The Morgan fingerprint density at radius 2 is 1.89 bits per heavy atom. The lowest BCUT2D eigenvalue weighted by molar-refractivity contribution is -0.138. The maximum Gasteiger partial charge on any atom is 0.303 e. The van der Waals surface area contributed by atoms with Gasteiger partial charge in [0.2, 0.25) is 5.91 Å². The van der Waals surface area contributed by atoms with E-state index in [9.17, 15) is 18.0 Å². The lowest BCUT2D eigenvalue weighted by Crippen LogP contribution is -2.38. The van der Waals surface area contributed by atoms with Crippen molar-refractivity contribution in [3.05, 3.63) is 27.7 Å². The molecule has 2 aliphatic rings. The molecule has 0 saturated carbocycles. The molecule has 2 aliphatic heterocycles. The van der Waals surface area contributed by atoms with Crippen molar-refractivity contribution in [3.8, 4) is 0 Å². The van der Waals surface area contributed by atoms with Gasteiger partial charge in [0.05, 0.1) is 24.0 Å². The Hall–Kier alpha value is -1.39. The van der Waals surface area contributed by atoms with Crippen LogP contribution in [0.2, 0.25) is 0 Å². The van der Waals surface area contributed by atoms with E-state index in [1.165, 1.54) is 11.8 Å². The zero-order valence-corrected chi connectivity index (χ0v) is 18.0. The second-order valence-electron chi connectivity index (χ2n) is 6.74. The topological polar surface area (TPSA) is 104 Å². The number of rotatable bonds is 4. The number of carboxylic acids is 1. The molecule has 7 nitrogen and oxygen atoms in total. The average Bonchev–Trinajstić information content (AvgIpc) is 2.97. The summed E-state index contributed by atoms with van der Waals surface area (Å²) in [5, 5.41) is 9.01. The second-order valence-corrected chi connectivity index (χ2v) is 11.0. The van der Waals surface area contributed by atoms with Crippen LogP contribution in [0.3, 0.4) is 0 Å². The smallest absolute Gasteiger partial charge is 0.303 e. The fourth-order valence-electron chi connectivity index (χ4n) is 3.49. The molecule has 0 bridgehead atoms. The fraction of sp³-hybridized carbons (Fsp3) is 0.471. The number of carbonyl (C=O) groups is 2. The van der Waals surface area contributed by atoms with Gasteiger partial charge in [0, 0.05) is 21.8 Å².